The zero-order chi connectivity index (χ0) is 18.8. The Hall–Kier alpha value is -2.66. The number of pyridine rings is 1. The Bertz CT molecular complexity index is 940. The average molecular weight is 362 g/mol. The van der Waals surface area contributed by atoms with Crippen LogP contribution in [0, 0.1) is 13.8 Å². The summed E-state index contributed by atoms with van der Waals surface area (Å²) in [7, 11) is 0. The lowest BCUT2D eigenvalue weighted by molar-refractivity contribution is 0.0902. The Balaban J connectivity index is 1.39. The van der Waals surface area contributed by atoms with Crippen LogP contribution in [0.2, 0.25) is 0 Å². The van der Waals surface area contributed by atoms with Gasteiger partial charge in [-0.2, -0.15) is 0 Å². The maximum absolute atomic E-state index is 12.9. The minimum Gasteiger partial charge on any atom is -0.348 e. The first kappa shape index (κ1) is 17.7. The van der Waals surface area contributed by atoms with Gasteiger partial charge in [-0.25, -0.2) is 4.98 Å². The summed E-state index contributed by atoms with van der Waals surface area (Å²) in [5.74, 6) is -0.0212. The molecule has 0 atom stereocenters. The second-order valence-electron chi connectivity index (χ2n) is 7.44. The number of benzene rings is 1. The molecular weight excluding hydrogens is 336 g/mol. The maximum atomic E-state index is 12.9. The van der Waals surface area contributed by atoms with E-state index in [0.29, 0.717) is 5.69 Å². The first-order chi connectivity index (χ1) is 13.1. The molecule has 2 aromatic heterocycles. The Kier molecular flexibility index (Phi) is 4.94. The second-order valence-corrected chi connectivity index (χ2v) is 7.44. The molecule has 1 saturated heterocycles. The van der Waals surface area contributed by atoms with Crippen LogP contribution in [0.3, 0.4) is 0 Å². The molecule has 0 aliphatic carbocycles. The van der Waals surface area contributed by atoms with Crippen LogP contribution in [0.5, 0.6) is 0 Å². The molecule has 3 heterocycles. The molecule has 4 rings (SSSR count). The van der Waals surface area contributed by atoms with Gasteiger partial charge >= 0.3 is 0 Å². The number of nitrogens with zero attached hydrogens (tertiary/aromatic N) is 3. The Morgan fingerprint density at radius 3 is 2.59 bits per heavy atom. The molecule has 1 aliphatic rings. The van der Waals surface area contributed by atoms with Gasteiger partial charge in [0.25, 0.3) is 5.91 Å². The highest BCUT2D eigenvalue weighted by molar-refractivity contribution is 5.95. The minimum atomic E-state index is -0.0212. The molecule has 5 heteroatoms. The summed E-state index contributed by atoms with van der Waals surface area (Å²) >= 11 is 0. The van der Waals surface area contributed by atoms with E-state index in [9.17, 15) is 4.79 Å². The van der Waals surface area contributed by atoms with E-state index in [-0.39, 0.29) is 11.9 Å². The number of carbonyl (C=O) groups excluding carboxylic acids is 1. The van der Waals surface area contributed by atoms with Crippen LogP contribution >= 0.6 is 0 Å². The zero-order valence-corrected chi connectivity index (χ0v) is 16.0. The first-order valence-corrected chi connectivity index (χ1v) is 9.63. The largest absolute Gasteiger partial charge is 0.348 e. The van der Waals surface area contributed by atoms with Crippen molar-refractivity contribution in [3.05, 3.63) is 71.2 Å². The fraction of sp³-hybridized carbons (Fsp3) is 0.364. The number of amides is 1. The number of imidazole rings is 1. The van der Waals surface area contributed by atoms with E-state index in [4.69, 9.17) is 0 Å². The number of nitrogens with one attached hydrogen (secondary N) is 1. The molecule has 0 bridgehead atoms. The van der Waals surface area contributed by atoms with Crippen LogP contribution in [0.4, 0.5) is 0 Å². The normalized spacial score (nSPS) is 15.9. The monoisotopic (exact) mass is 362 g/mol. The predicted molar refractivity (Wildman–Crippen MR) is 107 cm³/mol. The van der Waals surface area contributed by atoms with Gasteiger partial charge < -0.3 is 5.32 Å². The van der Waals surface area contributed by atoms with Gasteiger partial charge in [-0.15, -0.1) is 0 Å². The highest BCUT2D eigenvalue weighted by Crippen LogP contribution is 2.18. The topological polar surface area (TPSA) is 49.6 Å². The highest BCUT2D eigenvalue weighted by Gasteiger charge is 2.24. The SMILES string of the molecule is Cc1nc2c(C)cccn2c1C(=O)NC1CCN(Cc2ccccc2)CC1. The summed E-state index contributed by atoms with van der Waals surface area (Å²) < 4.78 is 1.91. The van der Waals surface area contributed by atoms with E-state index >= 15 is 0 Å². The standard InChI is InChI=1S/C22H26N4O/c1-16-7-6-12-26-20(17(2)23-21(16)26)22(27)24-19-10-13-25(14-11-19)15-18-8-4-3-5-9-18/h3-9,12,19H,10-11,13-15H2,1-2H3,(H,24,27). The zero-order valence-electron chi connectivity index (χ0n) is 16.0. The van der Waals surface area contributed by atoms with Gasteiger partial charge in [-0.1, -0.05) is 36.4 Å². The number of hydrogen-bond donors (Lipinski definition) is 1. The third-order valence-corrected chi connectivity index (χ3v) is 5.41. The smallest absolute Gasteiger partial charge is 0.270 e. The van der Waals surface area contributed by atoms with E-state index < -0.39 is 0 Å². The van der Waals surface area contributed by atoms with Crippen LogP contribution in [0.25, 0.3) is 5.65 Å². The van der Waals surface area contributed by atoms with E-state index in [1.54, 1.807) is 0 Å². The molecule has 27 heavy (non-hydrogen) atoms. The molecule has 0 saturated carbocycles. The summed E-state index contributed by atoms with van der Waals surface area (Å²) in [6.07, 6.45) is 3.88. The quantitative estimate of drug-likeness (QED) is 0.774. The van der Waals surface area contributed by atoms with Gasteiger partial charge in [-0.05, 0) is 43.9 Å². The number of aryl methyl sites for hydroxylation is 2. The molecule has 1 fully saturated rings. The van der Waals surface area contributed by atoms with Crippen molar-refractivity contribution in [2.45, 2.75) is 39.3 Å². The minimum absolute atomic E-state index is 0.0212. The summed E-state index contributed by atoms with van der Waals surface area (Å²) in [5.41, 5.74) is 4.71. The maximum Gasteiger partial charge on any atom is 0.270 e. The van der Waals surface area contributed by atoms with Gasteiger partial charge in [0, 0.05) is 31.9 Å². The van der Waals surface area contributed by atoms with Crippen molar-refractivity contribution < 1.29 is 4.79 Å². The number of carbonyl (C=O) groups is 1. The number of rotatable bonds is 4. The van der Waals surface area contributed by atoms with Crippen molar-refractivity contribution in [2.75, 3.05) is 13.1 Å². The lowest BCUT2D eigenvalue weighted by atomic mass is 10.0. The van der Waals surface area contributed by atoms with Crippen molar-refractivity contribution >= 4 is 11.6 Å². The molecule has 1 amide bonds. The van der Waals surface area contributed by atoms with Crippen LogP contribution in [-0.4, -0.2) is 39.3 Å². The molecule has 0 unspecified atom stereocenters. The first-order valence-electron chi connectivity index (χ1n) is 9.63. The van der Waals surface area contributed by atoms with Crippen molar-refractivity contribution in [1.29, 1.82) is 0 Å². The third kappa shape index (κ3) is 3.74. The summed E-state index contributed by atoms with van der Waals surface area (Å²) in [5, 5.41) is 3.23. The molecular formula is C22H26N4O. The summed E-state index contributed by atoms with van der Waals surface area (Å²) in [6.45, 7) is 6.92. The Morgan fingerprint density at radius 1 is 1.11 bits per heavy atom. The van der Waals surface area contributed by atoms with E-state index in [2.05, 4.69) is 45.5 Å². The molecule has 3 aromatic rings. The lowest BCUT2D eigenvalue weighted by Crippen LogP contribution is -2.44. The van der Waals surface area contributed by atoms with Crippen LogP contribution in [0.15, 0.2) is 48.7 Å². The van der Waals surface area contributed by atoms with Crippen molar-refractivity contribution in [3.63, 3.8) is 0 Å². The number of hydrogen-bond acceptors (Lipinski definition) is 3. The average Bonchev–Trinajstić information content (AvgIpc) is 3.02. The van der Waals surface area contributed by atoms with Crippen LogP contribution in [-0.2, 0) is 6.54 Å². The summed E-state index contributed by atoms with van der Waals surface area (Å²) in [4.78, 5) is 19.9. The molecule has 0 spiro atoms. The number of aromatic nitrogens is 2. The molecule has 140 valence electrons. The second kappa shape index (κ2) is 7.53. The molecule has 1 N–H and O–H groups in total. The lowest BCUT2D eigenvalue weighted by Gasteiger charge is -2.32. The van der Waals surface area contributed by atoms with Gasteiger partial charge in [-0.3, -0.25) is 14.1 Å². The number of fused-ring (bicyclic) bond motifs is 1. The molecule has 1 aromatic carbocycles. The summed E-state index contributed by atoms with van der Waals surface area (Å²) in [6, 6.07) is 14.8. The molecule has 1 aliphatic heterocycles. The fourth-order valence-corrected chi connectivity index (χ4v) is 3.92. The van der Waals surface area contributed by atoms with Crippen LogP contribution in [0.1, 0.15) is 40.2 Å². The van der Waals surface area contributed by atoms with Crippen molar-refractivity contribution in [1.82, 2.24) is 19.6 Å². The van der Waals surface area contributed by atoms with Crippen molar-refractivity contribution in [2.24, 2.45) is 0 Å². The van der Waals surface area contributed by atoms with E-state index in [1.165, 1.54) is 5.56 Å². The van der Waals surface area contributed by atoms with E-state index in [0.717, 1.165) is 49.4 Å². The van der Waals surface area contributed by atoms with Crippen LogP contribution < -0.4 is 5.32 Å². The molecule has 0 radical (unpaired) electrons. The molecule has 5 nitrogen and oxygen atoms in total. The predicted octanol–water partition coefficient (Wildman–Crippen LogP) is 3.35. The third-order valence-electron chi connectivity index (χ3n) is 5.41. The fourth-order valence-electron chi connectivity index (χ4n) is 3.92. The number of likely N-dealkylation sites (tertiary alicyclic amines) is 1. The number of piperidine rings is 1. The Labute approximate surface area is 160 Å². The Morgan fingerprint density at radius 2 is 1.85 bits per heavy atom. The van der Waals surface area contributed by atoms with Gasteiger partial charge in [0.15, 0.2) is 0 Å². The van der Waals surface area contributed by atoms with E-state index in [1.807, 2.05) is 36.6 Å². The highest BCUT2D eigenvalue weighted by atomic mass is 16.2. The van der Waals surface area contributed by atoms with Gasteiger partial charge in [0.1, 0.15) is 11.3 Å². The van der Waals surface area contributed by atoms with Gasteiger partial charge in [0.05, 0.1) is 5.69 Å². The van der Waals surface area contributed by atoms with Crippen molar-refractivity contribution in [3.8, 4) is 0 Å². The van der Waals surface area contributed by atoms with Gasteiger partial charge in [0.2, 0.25) is 0 Å².